The van der Waals surface area contributed by atoms with Crippen LogP contribution in [-0.2, 0) is 0 Å². The van der Waals surface area contributed by atoms with Crippen molar-refractivity contribution in [3.05, 3.63) is 97.7 Å². The summed E-state index contributed by atoms with van der Waals surface area (Å²) < 4.78 is 220. The van der Waals surface area contributed by atoms with E-state index in [1.54, 1.807) is 30.4 Å². The fourth-order valence-electron chi connectivity index (χ4n) is 4.61. The van der Waals surface area contributed by atoms with Gasteiger partial charge < -0.3 is 0 Å². The Morgan fingerprint density at radius 2 is 0.861 bits per heavy atom. The third-order valence-electron chi connectivity index (χ3n) is 9.08. The number of hydrogen-bond donors (Lipinski definition) is 0. The maximum Gasteiger partial charge on any atom is 0.0572 e. The molecule has 0 aromatic rings. The standard InChI is InChI=1S/C12H24.3C10H20.3C8H16.C6H10/c1-5-7-8-9-10-12(4)11(3)6-2;3*1-3-5-7-9-10-8-6-4-2;3*1-3-5-7-8-6-4-2;1-2-4-6-5-3-1/h7-8,11-12H,5-6,9-10H2,1-4H3;9-10H,3-8H2,1-2H3;2*5,7H,3-4,6,8-10H2,1-2H3;2*5,7H,3-4,6,8H2,1-2H3;3H,1,4-8H2,2H3;1-2H,3-6H2/b8-7+;10-9+;4*7-5+;;/i2D,6D,9D,10D;1D,3D,5D,7D;2D,4D,6D,8D,9D,10D;1D,3D;2D,4D,6D,8D;1D,3D;2D,4D,5D,6D,7D,8D;1D,2D. The Labute approximate surface area is 503 Å². The zero-order chi connectivity index (χ0) is 80.3. The van der Waals surface area contributed by atoms with Crippen molar-refractivity contribution in [2.24, 2.45) is 11.8 Å². The van der Waals surface area contributed by atoms with Gasteiger partial charge in [0, 0.05) is 38.4 Å². The summed E-state index contributed by atoms with van der Waals surface area (Å²) in [4.78, 5) is 0. The molecule has 0 aliphatic heterocycles. The molecule has 0 saturated carbocycles. The van der Waals surface area contributed by atoms with Gasteiger partial charge in [0.05, 0.1) is 2.74 Å². The van der Waals surface area contributed by atoms with E-state index in [1.165, 1.54) is 44.6 Å². The first-order valence-corrected chi connectivity index (χ1v) is 27.2. The molecule has 0 fully saturated rings. The Hall–Kier alpha value is -2.08. The fourth-order valence-corrected chi connectivity index (χ4v) is 4.61. The minimum atomic E-state index is -1.12. The van der Waals surface area contributed by atoms with Crippen LogP contribution >= 0.6 is 0 Å². The van der Waals surface area contributed by atoms with E-state index in [0.717, 1.165) is 77.0 Å². The zero-order valence-corrected chi connectivity index (χ0v) is 48.2. The summed E-state index contributed by atoms with van der Waals surface area (Å²) >= 11 is 0. The smallest absolute Gasteiger partial charge is 0.0572 e. The van der Waals surface area contributed by atoms with E-state index in [9.17, 15) is 0 Å². The van der Waals surface area contributed by atoms with Crippen LogP contribution in [0, 0.1) is 11.8 Å². The van der Waals surface area contributed by atoms with Crippen LogP contribution in [0.15, 0.2) is 97.7 Å². The maximum atomic E-state index is 7.98. The van der Waals surface area contributed by atoms with Gasteiger partial charge in [-0.15, -0.1) is 6.58 Å². The lowest BCUT2D eigenvalue weighted by molar-refractivity contribution is 0.357. The highest BCUT2D eigenvalue weighted by Crippen LogP contribution is 2.19. The number of hydrogen-bond acceptors (Lipinski definition) is 0. The lowest BCUT2D eigenvalue weighted by Gasteiger charge is -2.16. The Bertz CT molecular complexity index is 1960. The lowest BCUT2D eigenvalue weighted by Crippen LogP contribution is -2.05. The fraction of sp³-hybridized carbons (Fsp3) is 0.778. The molecule has 0 nitrogen and oxygen atoms in total. The highest BCUT2D eigenvalue weighted by Gasteiger charge is 2.08. The van der Waals surface area contributed by atoms with Crippen LogP contribution in [0.1, 0.15) is 395 Å². The van der Waals surface area contributed by atoms with Gasteiger partial charge in [-0.1, -0.05) is 310 Å². The first-order chi connectivity index (χ1) is 48.0. The topological polar surface area (TPSA) is 0 Å². The second kappa shape index (κ2) is 94.8. The number of rotatable bonds is 37. The lowest BCUT2D eigenvalue weighted by atomic mass is 9.90. The molecule has 0 heteroatoms. The first kappa shape index (κ1) is 38.5. The van der Waals surface area contributed by atoms with E-state index in [0.29, 0.717) is 12.1 Å². The van der Waals surface area contributed by atoms with Crippen LogP contribution < -0.4 is 0 Å². The average molecular weight is 1040 g/mol. The molecule has 0 aromatic heterocycles. The first-order valence-electron chi connectivity index (χ1n) is 45.3. The SMILES string of the molecule is [2H]C1=C([2H])CCCC1.[2H]CC([2H])/C=C/CCCC.[2H]CC([2H])/C=C/CCCCCC.[2H]CC([2H])C(C)C(C)C([2H])C([2H])/C=C/CC.[2H]CC([2H])C([2H])C([2H])/C=C/CC.[2H]CC([2H])C([2H])C([2H])/C=C/CCCC.[2H]CC([2H])C([2H])C([2H])C([2H])C([2H])/C=C/CC.[2H]CC([2H])C([2H])C([2H])C([2H])C([2H])C=C. The van der Waals surface area contributed by atoms with Crippen molar-refractivity contribution in [3.63, 3.8) is 0 Å². The van der Waals surface area contributed by atoms with E-state index < -0.39 is 122 Å². The van der Waals surface area contributed by atoms with Crippen LogP contribution in [0.2, 0.25) is 0 Å². The molecule has 0 saturated heterocycles. The molecule has 1 rings (SSSR count). The van der Waals surface area contributed by atoms with Crippen molar-refractivity contribution in [2.45, 2.75) is 354 Å². The van der Waals surface area contributed by atoms with E-state index in [1.807, 2.05) is 77.2 Å². The minimum Gasteiger partial charge on any atom is -0.103 e. The molecule has 430 valence electrons. The molecule has 0 amide bonds. The van der Waals surface area contributed by atoms with E-state index in [2.05, 4.69) is 27.4 Å². The van der Waals surface area contributed by atoms with Gasteiger partial charge in [0.25, 0.3) is 0 Å². The third kappa shape index (κ3) is 113. The van der Waals surface area contributed by atoms with Crippen molar-refractivity contribution in [1.29, 1.82) is 0 Å². The summed E-state index contributed by atoms with van der Waals surface area (Å²) in [6.45, 7) is 19.3. The summed E-state index contributed by atoms with van der Waals surface area (Å²) in [5, 5.41) is 0. The summed E-state index contributed by atoms with van der Waals surface area (Å²) in [6.07, 6.45) is 25.7. The molecule has 0 radical (unpaired) electrons. The van der Waals surface area contributed by atoms with Crippen molar-refractivity contribution in [2.75, 3.05) is 0 Å². The molecule has 0 aromatic carbocycles. The van der Waals surface area contributed by atoms with Gasteiger partial charge in [-0.2, -0.15) is 0 Å². The van der Waals surface area contributed by atoms with Crippen molar-refractivity contribution < 1.29 is 41.1 Å². The van der Waals surface area contributed by atoms with Gasteiger partial charge in [0.2, 0.25) is 0 Å². The molecule has 23 unspecified atom stereocenters. The maximum absolute atomic E-state index is 7.98. The second-order valence-corrected chi connectivity index (χ2v) is 15.8. The van der Waals surface area contributed by atoms with Crippen LogP contribution in [-0.4, -0.2) is 0 Å². The average Bonchev–Trinajstić information content (AvgIpc) is 0.895. The molecular formula is C72H142. The van der Waals surface area contributed by atoms with E-state index in [4.69, 9.17) is 41.1 Å². The van der Waals surface area contributed by atoms with Gasteiger partial charge in [0.1, 0.15) is 0 Å². The van der Waals surface area contributed by atoms with Crippen molar-refractivity contribution >= 4 is 0 Å². The van der Waals surface area contributed by atoms with E-state index in [-0.39, 0.29) is 72.9 Å². The Balaban J connectivity index is -0.000000204. The Morgan fingerprint density at radius 3 is 1.29 bits per heavy atom. The van der Waals surface area contributed by atoms with Crippen LogP contribution in [0.4, 0.5) is 0 Å². The zero-order valence-electron chi connectivity index (χ0n) is 78.2. The molecule has 1 aliphatic carbocycles. The van der Waals surface area contributed by atoms with Gasteiger partial charge in [-0.25, -0.2) is 0 Å². The second-order valence-electron chi connectivity index (χ2n) is 15.8. The normalized spacial score (nSPS) is 27.9. The molecule has 1 aliphatic rings. The predicted octanol–water partition coefficient (Wildman–Crippen LogP) is 27.7. The van der Waals surface area contributed by atoms with E-state index >= 15 is 0 Å². The number of unbranched alkanes of at least 4 members (excludes halogenated alkanes) is 8. The molecule has 0 heterocycles. The summed E-state index contributed by atoms with van der Waals surface area (Å²) in [5.41, 5.74) is 0. The van der Waals surface area contributed by atoms with Crippen molar-refractivity contribution in [3.8, 4) is 0 Å². The summed E-state index contributed by atoms with van der Waals surface area (Å²) in [7, 11) is 0. The summed E-state index contributed by atoms with van der Waals surface area (Å²) in [5.74, 6) is -0.0141. The van der Waals surface area contributed by atoms with Gasteiger partial charge in [0.15, 0.2) is 0 Å². The minimum absolute atomic E-state index is 0.00266. The van der Waals surface area contributed by atoms with Gasteiger partial charge in [-0.3, -0.25) is 0 Å². The predicted molar refractivity (Wildman–Crippen MR) is 346 cm³/mol. The van der Waals surface area contributed by atoms with Crippen LogP contribution in [0.3, 0.4) is 0 Å². The molecule has 23 atom stereocenters. The van der Waals surface area contributed by atoms with Crippen LogP contribution in [0.5, 0.6) is 0 Å². The Kier molecular flexibility index (Phi) is 50.6. The molecule has 72 heavy (non-hydrogen) atoms. The highest BCUT2D eigenvalue weighted by molar-refractivity contribution is 4.86. The highest BCUT2D eigenvalue weighted by atomic mass is 14.1. The largest absolute Gasteiger partial charge is 0.103 e. The Morgan fingerprint density at radius 1 is 0.431 bits per heavy atom. The summed E-state index contributed by atoms with van der Waals surface area (Å²) in [6, 6.07) is 1.10. The van der Waals surface area contributed by atoms with Gasteiger partial charge in [-0.05, 0) is 146 Å². The number of allylic oxidation sites excluding steroid dienone is 15. The third-order valence-corrected chi connectivity index (χ3v) is 9.08. The monoisotopic (exact) mass is 1040 g/mol. The molecule has 0 bridgehead atoms. The molecular weight excluding hydrogens is 865 g/mol. The van der Waals surface area contributed by atoms with Gasteiger partial charge >= 0.3 is 0 Å². The quantitative estimate of drug-likeness (QED) is 0.0430. The molecule has 0 N–H and O–H groups in total. The van der Waals surface area contributed by atoms with Crippen LogP contribution in [0.25, 0.3) is 0 Å². The molecule has 0 spiro atoms. The van der Waals surface area contributed by atoms with Crippen molar-refractivity contribution in [1.82, 2.24) is 0 Å².